The summed E-state index contributed by atoms with van der Waals surface area (Å²) in [6.07, 6.45) is 3.50. The van der Waals surface area contributed by atoms with Gasteiger partial charge < -0.3 is 10.6 Å². The highest BCUT2D eigenvalue weighted by Crippen LogP contribution is 2.21. The highest BCUT2D eigenvalue weighted by atomic mass is 32.2. The Kier molecular flexibility index (Phi) is 5.24. The number of carbonyl (C=O) groups excluding carboxylic acids is 1. The molecule has 0 atom stereocenters. The highest BCUT2D eigenvalue weighted by molar-refractivity contribution is 7.88. The average Bonchev–Trinajstić information content (AvgIpc) is 2.88. The fourth-order valence-corrected chi connectivity index (χ4v) is 3.89. The Bertz CT molecular complexity index is 897. The lowest BCUT2D eigenvalue weighted by Gasteiger charge is -2.21. The Hall–Kier alpha value is -2.45. The number of carbonyl (C=O) groups is 1. The first-order valence-corrected chi connectivity index (χ1v) is 10.3. The third-order valence-corrected chi connectivity index (χ3v) is 5.74. The topological polar surface area (TPSA) is 96.6 Å². The van der Waals surface area contributed by atoms with Crippen molar-refractivity contribution in [2.45, 2.75) is 6.42 Å². The van der Waals surface area contributed by atoms with Crippen LogP contribution in [0.25, 0.3) is 11.1 Å². The van der Waals surface area contributed by atoms with Gasteiger partial charge in [0.2, 0.25) is 10.0 Å². The molecule has 0 bridgehead atoms. The van der Waals surface area contributed by atoms with Crippen LogP contribution in [0, 0.1) is 0 Å². The number of rotatable bonds is 3. The van der Waals surface area contributed by atoms with Crippen LogP contribution in [-0.4, -0.2) is 60.9 Å². The molecular formula is C18H22N4O3S. The number of anilines is 1. The minimum Gasteiger partial charge on any atom is -0.384 e. The zero-order valence-corrected chi connectivity index (χ0v) is 15.4. The number of hydrogen-bond acceptors (Lipinski definition) is 5. The summed E-state index contributed by atoms with van der Waals surface area (Å²) in [6, 6.07) is 10.9. The van der Waals surface area contributed by atoms with Crippen LogP contribution in [0.1, 0.15) is 16.8 Å². The van der Waals surface area contributed by atoms with Gasteiger partial charge in [-0.1, -0.05) is 12.1 Å². The zero-order chi connectivity index (χ0) is 18.7. The normalized spacial score (nSPS) is 16.3. The summed E-state index contributed by atoms with van der Waals surface area (Å²) in [6.45, 7) is 1.70. The van der Waals surface area contributed by atoms with Gasteiger partial charge in [0, 0.05) is 43.5 Å². The number of sulfonamides is 1. The van der Waals surface area contributed by atoms with Crippen LogP contribution < -0.4 is 5.73 Å². The third-order valence-electron chi connectivity index (χ3n) is 4.44. The minimum atomic E-state index is -3.23. The van der Waals surface area contributed by atoms with Crippen LogP contribution in [0.3, 0.4) is 0 Å². The number of benzene rings is 1. The summed E-state index contributed by atoms with van der Waals surface area (Å²) in [5.41, 5.74) is 7.96. The van der Waals surface area contributed by atoms with E-state index in [0.29, 0.717) is 44.0 Å². The van der Waals surface area contributed by atoms with Gasteiger partial charge in [-0.2, -0.15) is 0 Å². The van der Waals surface area contributed by atoms with Crippen molar-refractivity contribution in [1.29, 1.82) is 0 Å². The van der Waals surface area contributed by atoms with Crippen LogP contribution in [0.2, 0.25) is 0 Å². The molecule has 1 fully saturated rings. The van der Waals surface area contributed by atoms with Crippen molar-refractivity contribution >= 4 is 21.7 Å². The lowest BCUT2D eigenvalue weighted by atomic mass is 10.0. The van der Waals surface area contributed by atoms with Crippen molar-refractivity contribution in [2.24, 2.45) is 0 Å². The van der Waals surface area contributed by atoms with Gasteiger partial charge in [-0.15, -0.1) is 0 Å². The quantitative estimate of drug-likeness (QED) is 0.877. The van der Waals surface area contributed by atoms with Gasteiger partial charge in [0.15, 0.2) is 0 Å². The maximum absolute atomic E-state index is 12.9. The monoisotopic (exact) mass is 374 g/mol. The van der Waals surface area contributed by atoms with Gasteiger partial charge in [0.1, 0.15) is 5.82 Å². The summed E-state index contributed by atoms with van der Waals surface area (Å²) in [7, 11) is -3.23. The van der Waals surface area contributed by atoms with Crippen LogP contribution >= 0.6 is 0 Å². The summed E-state index contributed by atoms with van der Waals surface area (Å²) >= 11 is 0. The molecule has 26 heavy (non-hydrogen) atoms. The van der Waals surface area contributed by atoms with Crippen molar-refractivity contribution in [3.63, 3.8) is 0 Å². The number of aromatic nitrogens is 1. The second-order valence-corrected chi connectivity index (χ2v) is 8.34. The molecule has 7 nitrogen and oxygen atoms in total. The molecule has 0 aliphatic carbocycles. The van der Waals surface area contributed by atoms with Gasteiger partial charge >= 0.3 is 0 Å². The summed E-state index contributed by atoms with van der Waals surface area (Å²) in [5.74, 6) is 0.353. The molecule has 8 heteroatoms. The number of amides is 1. The number of nitrogens with zero attached hydrogens (tertiary/aromatic N) is 3. The van der Waals surface area contributed by atoms with Crippen molar-refractivity contribution < 1.29 is 13.2 Å². The van der Waals surface area contributed by atoms with Crippen LogP contribution in [0.15, 0.2) is 42.6 Å². The maximum atomic E-state index is 12.9. The fourth-order valence-electron chi connectivity index (χ4n) is 3.02. The zero-order valence-electron chi connectivity index (χ0n) is 14.6. The van der Waals surface area contributed by atoms with E-state index in [4.69, 9.17) is 5.73 Å². The van der Waals surface area contributed by atoms with E-state index >= 15 is 0 Å². The fraction of sp³-hybridized carbons (Fsp3) is 0.333. The second-order valence-electron chi connectivity index (χ2n) is 6.36. The lowest BCUT2D eigenvalue weighted by molar-refractivity contribution is 0.0764. The number of hydrogen-bond donors (Lipinski definition) is 1. The number of pyridine rings is 1. The molecule has 1 aromatic carbocycles. The number of nitrogen functional groups attached to an aromatic ring is 1. The summed E-state index contributed by atoms with van der Waals surface area (Å²) < 4.78 is 24.9. The van der Waals surface area contributed by atoms with Crippen molar-refractivity contribution in [2.75, 3.05) is 38.2 Å². The molecule has 2 heterocycles. The first kappa shape index (κ1) is 18.3. The summed E-state index contributed by atoms with van der Waals surface area (Å²) in [5, 5.41) is 0. The Morgan fingerprint density at radius 3 is 2.58 bits per heavy atom. The standard InChI is InChI=1S/C18H22N4O3S/c1-26(24,25)22-9-3-8-21(10-11-22)18(23)15-5-2-4-14(12-15)16-6-7-17(19)20-13-16/h2,4-7,12-13H,3,8-11H2,1H3,(H2,19,20). The van der Waals surface area contributed by atoms with Gasteiger partial charge in [-0.25, -0.2) is 17.7 Å². The molecular weight excluding hydrogens is 352 g/mol. The smallest absolute Gasteiger partial charge is 0.253 e. The van der Waals surface area contributed by atoms with Crippen molar-refractivity contribution in [3.05, 3.63) is 48.2 Å². The molecule has 0 spiro atoms. The Balaban J connectivity index is 1.78. The largest absolute Gasteiger partial charge is 0.384 e. The van der Waals surface area contributed by atoms with E-state index in [1.807, 2.05) is 24.3 Å². The van der Waals surface area contributed by atoms with E-state index in [0.717, 1.165) is 11.1 Å². The predicted octanol–water partition coefficient (Wildman–Crippen LogP) is 1.44. The van der Waals surface area contributed by atoms with Gasteiger partial charge in [-0.05, 0) is 36.2 Å². The van der Waals surface area contributed by atoms with E-state index in [1.54, 1.807) is 23.2 Å². The molecule has 3 rings (SSSR count). The maximum Gasteiger partial charge on any atom is 0.253 e. The van der Waals surface area contributed by atoms with E-state index < -0.39 is 10.0 Å². The molecule has 1 amide bonds. The minimum absolute atomic E-state index is 0.0920. The van der Waals surface area contributed by atoms with Gasteiger partial charge in [0.25, 0.3) is 5.91 Å². The van der Waals surface area contributed by atoms with E-state index in [9.17, 15) is 13.2 Å². The van der Waals surface area contributed by atoms with Crippen molar-refractivity contribution in [3.8, 4) is 11.1 Å². The molecule has 0 unspecified atom stereocenters. The second kappa shape index (κ2) is 7.43. The highest BCUT2D eigenvalue weighted by Gasteiger charge is 2.24. The summed E-state index contributed by atoms with van der Waals surface area (Å²) in [4.78, 5) is 18.7. The Morgan fingerprint density at radius 1 is 1.08 bits per heavy atom. The molecule has 0 saturated carbocycles. The Labute approximate surface area is 153 Å². The molecule has 1 aromatic heterocycles. The van der Waals surface area contributed by atoms with Crippen LogP contribution in [0.4, 0.5) is 5.82 Å². The van der Waals surface area contributed by atoms with Crippen LogP contribution in [-0.2, 0) is 10.0 Å². The first-order chi connectivity index (χ1) is 12.3. The molecule has 138 valence electrons. The SMILES string of the molecule is CS(=O)(=O)N1CCCN(C(=O)c2cccc(-c3ccc(N)nc3)c2)CC1. The van der Waals surface area contributed by atoms with Crippen molar-refractivity contribution in [1.82, 2.24) is 14.2 Å². The molecule has 0 radical (unpaired) electrons. The molecule has 1 saturated heterocycles. The third kappa shape index (κ3) is 4.20. The molecule has 1 aliphatic rings. The van der Waals surface area contributed by atoms with Crippen LogP contribution in [0.5, 0.6) is 0 Å². The molecule has 2 aromatic rings. The first-order valence-electron chi connectivity index (χ1n) is 8.41. The number of nitrogens with two attached hydrogens (primary N) is 1. The Morgan fingerprint density at radius 2 is 1.88 bits per heavy atom. The van der Waals surface area contributed by atoms with E-state index in [1.165, 1.54) is 10.6 Å². The average molecular weight is 374 g/mol. The van der Waals surface area contributed by atoms with Gasteiger partial charge in [0.05, 0.1) is 6.26 Å². The molecule has 1 aliphatic heterocycles. The lowest BCUT2D eigenvalue weighted by Crippen LogP contribution is -2.36. The van der Waals surface area contributed by atoms with Gasteiger partial charge in [-0.3, -0.25) is 4.79 Å². The van der Waals surface area contributed by atoms with E-state index in [-0.39, 0.29) is 5.91 Å². The van der Waals surface area contributed by atoms with E-state index in [2.05, 4.69) is 4.98 Å². The predicted molar refractivity (Wildman–Crippen MR) is 101 cm³/mol. The molecule has 2 N–H and O–H groups in total.